The second-order valence-electron chi connectivity index (χ2n) is 8.47. The van der Waals surface area contributed by atoms with E-state index in [4.69, 9.17) is 15.0 Å². The highest BCUT2D eigenvalue weighted by Gasteiger charge is 2.30. The maximum Gasteiger partial charge on any atom is 0.324 e. The molecular formula is C22H30N8O2. The highest BCUT2D eigenvalue weighted by Crippen LogP contribution is 2.29. The van der Waals surface area contributed by atoms with Gasteiger partial charge in [-0.3, -0.25) is 0 Å². The van der Waals surface area contributed by atoms with Crippen LogP contribution in [0.4, 0.5) is 23.6 Å². The average molecular weight is 439 g/mol. The first kappa shape index (κ1) is 21.9. The van der Waals surface area contributed by atoms with Crippen molar-refractivity contribution in [3.05, 3.63) is 30.3 Å². The van der Waals surface area contributed by atoms with E-state index in [1.807, 2.05) is 42.3 Å². The highest BCUT2D eigenvalue weighted by atomic mass is 16.5. The number of nitrogen functional groups attached to an aromatic ring is 1. The first-order chi connectivity index (χ1) is 15.4. The lowest BCUT2D eigenvalue weighted by molar-refractivity contribution is 0.0425. The van der Waals surface area contributed by atoms with Gasteiger partial charge in [0.1, 0.15) is 0 Å². The van der Waals surface area contributed by atoms with Gasteiger partial charge in [0.2, 0.25) is 23.5 Å². The lowest BCUT2D eigenvalue weighted by Gasteiger charge is -2.20. The van der Waals surface area contributed by atoms with Crippen LogP contribution in [-0.2, 0) is 4.74 Å². The summed E-state index contributed by atoms with van der Waals surface area (Å²) in [5, 5.41) is 4.10. The standard InChI is InChI=1S/C22H30N8O2/c1-14(2)31-13-15(3)16-10-11-30(12-16)22-26-19(28-32-22)18-24-20(23)27-21(25-18)29(4)17-8-6-5-7-9-17/h5-9,14-16H,10-13H2,1-4H3,(H2,23,24,25,27)/t15-,16-/m0/s1. The van der Waals surface area contributed by atoms with Gasteiger partial charge in [0.05, 0.1) is 6.10 Å². The number of aromatic nitrogens is 5. The summed E-state index contributed by atoms with van der Waals surface area (Å²) in [5.41, 5.74) is 6.87. The van der Waals surface area contributed by atoms with Crippen molar-refractivity contribution >= 4 is 23.6 Å². The summed E-state index contributed by atoms with van der Waals surface area (Å²) >= 11 is 0. The SMILES string of the molecule is CC(C)OC[C@H](C)[C@H]1CCN(c2nc(-c3nc(N)nc(N(C)c4ccccc4)n3)no2)C1. The van der Waals surface area contributed by atoms with Crippen LogP contribution >= 0.6 is 0 Å². The van der Waals surface area contributed by atoms with Gasteiger partial charge in [-0.1, -0.05) is 30.3 Å². The third kappa shape index (κ3) is 4.96. The molecule has 170 valence electrons. The van der Waals surface area contributed by atoms with Crippen molar-refractivity contribution in [1.29, 1.82) is 0 Å². The van der Waals surface area contributed by atoms with Gasteiger partial charge < -0.3 is 24.8 Å². The Morgan fingerprint density at radius 2 is 1.91 bits per heavy atom. The van der Waals surface area contributed by atoms with Crippen LogP contribution in [-0.4, -0.2) is 57.9 Å². The Balaban J connectivity index is 1.48. The smallest absolute Gasteiger partial charge is 0.324 e. The van der Waals surface area contributed by atoms with Gasteiger partial charge in [-0.05, 0) is 44.2 Å². The summed E-state index contributed by atoms with van der Waals surface area (Å²) < 4.78 is 11.3. The summed E-state index contributed by atoms with van der Waals surface area (Å²) in [6.45, 7) is 8.82. The molecule has 1 fully saturated rings. The van der Waals surface area contributed by atoms with Crippen LogP contribution in [0.1, 0.15) is 27.2 Å². The number of nitrogens with zero attached hydrogens (tertiary/aromatic N) is 7. The number of para-hydroxylation sites is 1. The zero-order valence-corrected chi connectivity index (χ0v) is 19.0. The van der Waals surface area contributed by atoms with Crippen LogP contribution in [0.3, 0.4) is 0 Å². The van der Waals surface area contributed by atoms with Gasteiger partial charge in [0, 0.05) is 32.4 Å². The van der Waals surface area contributed by atoms with Crippen molar-refractivity contribution in [2.24, 2.45) is 11.8 Å². The van der Waals surface area contributed by atoms with E-state index in [2.05, 4.69) is 50.8 Å². The van der Waals surface area contributed by atoms with E-state index in [-0.39, 0.29) is 23.7 Å². The molecule has 2 aromatic heterocycles. The van der Waals surface area contributed by atoms with E-state index in [1.54, 1.807) is 0 Å². The second-order valence-corrected chi connectivity index (χ2v) is 8.47. The molecule has 3 heterocycles. The first-order valence-corrected chi connectivity index (χ1v) is 10.9. The summed E-state index contributed by atoms with van der Waals surface area (Å²) in [4.78, 5) is 21.4. The molecule has 4 rings (SSSR count). The molecule has 0 radical (unpaired) electrons. The van der Waals surface area contributed by atoms with Crippen molar-refractivity contribution in [1.82, 2.24) is 25.1 Å². The number of benzene rings is 1. The maximum absolute atomic E-state index is 5.95. The Kier molecular flexibility index (Phi) is 6.50. The molecule has 2 atom stereocenters. The molecule has 1 aromatic carbocycles. The van der Waals surface area contributed by atoms with E-state index in [0.717, 1.165) is 31.8 Å². The molecule has 10 heteroatoms. The number of ether oxygens (including phenoxy) is 1. The van der Waals surface area contributed by atoms with Gasteiger partial charge >= 0.3 is 6.01 Å². The Bertz CT molecular complexity index is 1030. The molecule has 1 aliphatic heterocycles. The van der Waals surface area contributed by atoms with Gasteiger partial charge in [0.15, 0.2) is 0 Å². The lowest BCUT2D eigenvalue weighted by atomic mass is 9.94. The fraction of sp³-hybridized carbons (Fsp3) is 0.500. The molecule has 10 nitrogen and oxygen atoms in total. The zero-order valence-electron chi connectivity index (χ0n) is 19.0. The number of nitrogens with two attached hydrogens (primary N) is 1. The molecular weight excluding hydrogens is 408 g/mol. The Labute approximate surface area is 187 Å². The minimum atomic E-state index is 0.0966. The summed E-state index contributed by atoms with van der Waals surface area (Å²) in [6.07, 6.45) is 1.30. The van der Waals surface area contributed by atoms with Gasteiger partial charge in [-0.15, -0.1) is 0 Å². The zero-order chi connectivity index (χ0) is 22.7. The van der Waals surface area contributed by atoms with Crippen molar-refractivity contribution in [2.45, 2.75) is 33.3 Å². The average Bonchev–Trinajstić information content (AvgIpc) is 3.47. The monoisotopic (exact) mass is 438 g/mol. The van der Waals surface area contributed by atoms with Gasteiger partial charge in [-0.25, -0.2) is 0 Å². The predicted molar refractivity (Wildman–Crippen MR) is 123 cm³/mol. The predicted octanol–water partition coefficient (Wildman–Crippen LogP) is 3.16. The maximum atomic E-state index is 5.95. The van der Waals surface area contributed by atoms with Crippen LogP contribution in [0, 0.1) is 11.8 Å². The quantitative estimate of drug-likeness (QED) is 0.561. The molecule has 0 amide bonds. The minimum absolute atomic E-state index is 0.0966. The fourth-order valence-corrected chi connectivity index (χ4v) is 3.74. The van der Waals surface area contributed by atoms with E-state index in [9.17, 15) is 0 Å². The van der Waals surface area contributed by atoms with Crippen LogP contribution in [0.5, 0.6) is 0 Å². The third-order valence-electron chi connectivity index (χ3n) is 5.69. The molecule has 0 spiro atoms. The molecule has 1 aliphatic rings. The van der Waals surface area contributed by atoms with E-state index in [0.29, 0.717) is 23.8 Å². The van der Waals surface area contributed by atoms with Crippen molar-refractivity contribution in [3.63, 3.8) is 0 Å². The van der Waals surface area contributed by atoms with Crippen molar-refractivity contribution in [2.75, 3.05) is 42.3 Å². The second kappa shape index (κ2) is 9.47. The van der Waals surface area contributed by atoms with E-state index in [1.165, 1.54) is 0 Å². The summed E-state index contributed by atoms with van der Waals surface area (Å²) in [6, 6.07) is 10.2. The van der Waals surface area contributed by atoms with E-state index >= 15 is 0 Å². The van der Waals surface area contributed by atoms with Crippen LogP contribution in [0.15, 0.2) is 34.9 Å². The molecule has 1 saturated heterocycles. The Morgan fingerprint density at radius 1 is 1.12 bits per heavy atom. The fourth-order valence-electron chi connectivity index (χ4n) is 3.74. The Morgan fingerprint density at radius 3 is 2.66 bits per heavy atom. The molecule has 0 saturated carbocycles. The number of anilines is 4. The topological polar surface area (TPSA) is 119 Å². The van der Waals surface area contributed by atoms with Gasteiger partial charge in [0.25, 0.3) is 0 Å². The lowest BCUT2D eigenvalue weighted by Crippen LogP contribution is -2.24. The largest absolute Gasteiger partial charge is 0.379 e. The molecule has 32 heavy (non-hydrogen) atoms. The van der Waals surface area contributed by atoms with Crippen LogP contribution < -0.4 is 15.5 Å². The van der Waals surface area contributed by atoms with Crippen LogP contribution in [0.2, 0.25) is 0 Å². The molecule has 0 bridgehead atoms. The minimum Gasteiger partial charge on any atom is -0.379 e. The van der Waals surface area contributed by atoms with E-state index < -0.39 is 0 Å². The first-order valence-electron chi connectivity index (χ1n) is 10.9. The molecule has 0 unspecified atom stereocenters. The number of rotatable bonds is 8. The molecule has 3 aromatic rings. The summed E-state index contributed by atoms with van der Waals surface area (Å²) in [5.74, 6) is 2.05. The van der Waals surface area contributed by atoms with Crippen molar-refractivity contribution < 1.29 is 9.26 Å². The summed E-state index contributed by atoms with van der Waals surface area (Å²) in [7, 11) is 1.87. The molecule has 0 aliphatic carbocycles. The van der Waals surface area contributed by atoms with Crippen molar-refractivity contribution in [3.8, 4) is 11.6 Å². The van der Waals surface area contributed by atoms with Crippen LogP contribution in [0.25, 0.3) is 11.6 Å². The Hall–Kier alpha value is -3.27. The van der Waals surface area contributed by atoms with Gasteiger partial charge in [-0.2, -0.15) is 19.9 Å². The number of hydrogen-bond acceptors (Lipinski definition) is 10. The molecule has 2 N–H and O–H groups in total. The number of hydrogen-bond donors (Lipinski definition) is 1. The highest BCUT2D eigenvalue weighted by molar-refractivity contribution is 5.59. The third-order valence-corrected chi connectivity index (χ3v) is 5.69. The normalized spacial score (nSPS) is 17.2.